The summed E-state index contributed by atoms with van der Waals surface area (Å²) < 4.78 is 0. The maximum atomic E-state index is 12.4. The van der Waals surface area contributed by atoms with Crippen LogP contribution in [-0.2, 0) is 0 Å². The maximum absolute atomic E-state index is 12.4. The lowest BCUT2D eigenvalue weighted by molar-refractivity contribution is 0.0781. The number of hydrogen-bond donors (Lipinski definition) is 0. The van der Waals surface area contributed by atoms with Crippen molar-refractivity contribution in [3.63, 3.8) is 0 Å². The van der Waals surface area contributed by atoms with Crippen molar-refractivity contribution in [1.29, 1.82) is 0 Å². The second-order valence-corrected chi connectivity index (χ2v) is 6.53. The van der Waals surface area contributed by atoms with Crippen molar-refractivity contribution in [3.05, 3.63) is 22.4 Å². The minimum Gasteiger partial charge on any atom is -0.337 e. The molecule has 0 aromatic carbocycles. The molecule has 1 aromatic heterocycles. The minimum absolute atomic E-state index is 0.214. The van der Waals surface area contributed by atoms with Crippen LogP contribution in [0.1, 0.15) is 23.2 Å². The summed E-state index contributed by atoms with van der Waals surface area (Å²) in [6, 6.07) is 2.47. The highest BCUT2D eigenvalue weighted by Gasteiger charge is 2.44. The molecule has 1 saturated heterocycles. The van der Waals surface area contributed by atoms with Gasteiger partial charge in [0.2, 0.25) is 0 Å². The average Bonchev–Trinajstić information content (AvgIpc) is 2.91. The number of hydrogen-bond acceptors (Lipinski definition) is 3. The van der Waals surface area contributed by atoms with E-state index in [1.54, 1.807) is 11.3 Å². The molecule has 2 fully saturated rings. The molecule has 3 rings (SSSR count). The lowest BCUT2D eigenvalue weighted by Gasteiger charge is -2.24. The van der Waals surface area contributed by atoms with Crippen LogP contribution in [0, 0.1) is 11.8 Å². The zero-order chi connectivity index (χ0) is 12.7. The van der Waals surface area contributed by atoms with Gasteiger partial charge in [-0.1, -0.05) is 0 Å². The average molecular weight is 264 g/mol. The number of likely N-dealkylation sites (tertiary alicyclic amines) is 1. The van der Waals surface area contributed by atoms with Gasteiger partial charge in [0.15, 0.2) is 0 Å². The van der Waals surface area contributed by atoms with E-state index in [4.69, 9.17) is 0 Å². The number of thiophene rings is 1. The van der Waals surface area contributed by atoms with Crippen molar-refractivity contribution in [2.75, 3.05) is 27.2 Å². The Morgan fingerprint density at radius 3 is 2.72 bits per heavy atom. The Hall–Kier alpha value is -0.870. The smallest absolute Gasteiger partial charge is 0.254 e. The highest BCUT2D eigenvalue weighted by atomic mass is 32.1. The summed E-state index contributed by atoms with van der Waals surface area (Å²) in [6.07, 6.45) is 2.71. The van der Waals surface area contributed by atoms with Crippen molar-refractivity contribution < 1.29 is 4.79 Å². The summed E-state index contributed by atoms with van der Waals surface area (Å²) in [5.74, 6) is 1.76. The third kappa shape index (κ3) is 2.19. The predicted molar refractivity (Wildman–Crippen MR) is 73.9 cm³/mol. The number of carbonyl (C=O) groups excluding carboxylic acids is 1. The van der Waals surface area contributed by atoms with Crippen LogP contribution in [0.25, 0.3) is 0 Å². The Labute approximate surface area is 112 Å². The van der Waals surface area contributed by atoms with Crippen LogP contribution >= 0.6 is 11.3 Å². The molecule has 18 heavy (non-hydrogen) atoms. The number of amides is 1. The first kappa shape index (κ1) is 12.2. The molecule has 1 aromatic rings. The van der Waals surface area contributed by atoms with E-state index < -0.39 is 0 Å². The van der Waals surface area contributed by atoms with Crippen LogP contribution in [0.2, 0.25) is 0 Å². The second-order valence-electron chi connectivity index (χ2n) is 5.75. The number of nitrogens with zero attached hydrogens (tertiary/aromatic N) is 2. The highest BCUT2D eigenvalue weighted by Crippen LogP contribution is 2.42. The molecule has 1 aliphatic carbocycles. The van der Waals surface area contributed by atoms with Gasteiger partial charge in [0.25, 0.3) is 5.91 Å². The fourth-order valence-electron chi connectivity index (χ4n) is 3.08. The lowest BCUT2D eigenvalue weighted by atomic mass is 9.97. The first-order chi connectivity index (χ1) is 8.66. The summed E-state index contributed by atoms with van der Waals surface area (Å²) >= 11 is 1.60. The Morgan fingerprint density at radius 2 is 2.17 bits per heavy atom. The van der Waals surface area contributed by atoms with Gasteiger partial charge in [0, 0.05) is 24.5 Å². The van der Waals surface area contributed by atoms with Gasteiger partial charge in [-0.2, -0.15) is 11.3 Å². The van der Waals surface area contributed by atoms with Crippen molar-refractivity contribution in [2.24, 2.45) is 11.8 Å². The monoisotopic (exact) mass is 264 g/mol. The van der Waals surface area contributed by atoms with Crippen LogP contribution in [0.5, 0.6) is 0 Å². The molecular formula is C14H20N2OS. The third-order valence-corrected chi connectivity index (χ3v) is 4.96. The van der Waals surface area contributed by atoms with E-state index in [9.17, 15) is 4.79 Å². The van der Waals surface area contributed by atoms with Gasteiger partial charge >= 0.3 is 0 Å². The van der Waals surface area contributed by atoms with E-state index in [2.05, 4.69) is 23.9 Å². The van der Waals surface area contributed by atoms with Gasteiger partial charge in [-0.05, 0) is 50.2 Å². The molecule has 1 saturated carbocycles. The fraction of sp³-hybridized carbons (Fsp3) is 0.643. The zero-order valence-corrected chi connectivity index (χ0v) is 11.8. The molecule has 1 amide bonds. The van der Waals surface area contributed by atoms with E-state index >= 15 is 0 Å². The summed E-state index contributed by atoms with van der Waals surface area (Å²) in [5.41, 5.74) is 0.856. The van der Waals surface area contributed by atoms with Crippen molar-refractivity contribution in [2.45, 2.75) is 18.9 Å². The summed E-state index contributed by atoms with van der Waals surface area (Å²) in [5, 5.41) is 3.93. The quantitative estimate of drug-likeness (QED) is 0.835. The van der Waals surface area contributed by atoms with Crippen molar-refractivity contribution in [3.8, 4) is 0 Å². The molecule has 0 radical (unpaired) electrons. The van der Waals surface area contributed by atoms with Crippen LogP contribution in [-0.4, -0.2) is 48.9 Å². The molecule has 0 unspecified atom stereocenters. The van der Waals surface area contributed by atoms with E-state index in [0.717, 1.165) is 24.6 Å². The normalized spacial score (nSPS) is 28.1. The van der Waals surface area contributed by atoms with Crippen LogP contribution in [0.15, 0.2) is 16.8 Å². The molecule has 98 valence electrons. The molecule has 0 spiro atoms. The summed E-state index contributed by atoms with van der Waals surface area (Å²) in [4.78, 5) is 16.7. The standard InChI is InChI=1S/C14H20N2OS/c1-15(2)13-8-16(7-12(13)10-3-4-10)14(17)11-5-6-18-9-11/h5-6,9-10,12-13H,3-4,7-8H2,1-2H3/t12-,13+/m0/s1. The maximum Gasteiger partial charge on any atom is 0.254 e. The molecule has 2 atom stereocenters. The van der Waals surface area contributed by atoms with E-state index in [1.807, 2.05) is 16.8 Å². The van der Waals surface area contributed by atoms with Crippen molar-refractivity contribution in [1.82, 2.24) is 9.80 Å². The molecule has 1 aliphatic heterocycles. The van der Waals surface area contributed by atoms with Gasteiger partial charge in [-0.3, -0.25) is 4.79 Å². The number of rotatable bonds is 3. The SMILES string of the molecule is CN(C)[C@@H]1CN(C(=O)c2ccsc2)C[C@H]1C1CC1. The van der Waals surface area contributed by atoms with Crippen LogP contribution < -0.4 is 0 Å². The van der Waals surface area contributed by atoms with E-state index in [0.29, 0.717) is 12.0 Å². The van der Waals surface area contributed by atoms with E-state index in [-0.39, 0.29) is 5.91 Å². The number of likely N-dealkylation sites (N-methyl/N-ethyl adjacent to an activating group) is 1. The third-order valence-electron chi connectivity index (χ3n) is 4.28. The van der Waals surface area contributed by atoms with Gasteiger partial charge in [-0.15, -0.1) is 0 Å². The van der Waals surface area contributed by atoms with Crippen LogP contribution in [0.4, 0.5) is 0 Å². The molecule has 2 heterocycles. The van der Waals surface area contributed by atoms with Crippen LogP contribution in [0.3, 0.4) is 0 Å². The molecule has 0 N–H and O–H groups in total. The fourth-order valence-corrected chi connectivity index (χ4v) is 3.71. The van der Waals surface area contributed by atoms with Gasteiger partial charge in [-0.25, -0.2) is 0 Å². The molecular weight excluding hydrogens is 244 g/mol. The molecule has 2 aliphatic rings. The van der Waals surface area contributed by atoms with Gasteiger partial charge in [0.1, 0.15) is 0 Å². The molecule has 4 heteroatoms. The van der Waals surface area contributed by atoms with Gasteiger partial charge < -0.3 is 9.80 Å². The van der Waals surface area contributed by atoms with E-state index in [1.165, 1.54) is 12.8 Å². The lowest BCUT2D eigenvalue weighted by Crippen LogP contribution is -2.36. The summed E-state index contributed by atoms with van der Waals surface area (Å²) in [7, 11) is 4.28. The van der Waals surface area contributed by atoms with Gasteiger partial charge in [0.05, 0.1) is 5.56 Å². The largest absolute Gasteiger partial charge is 0.337 e. The first-order valence-electron chi connectivity index (χ1n) is 6.64. The minimum atomic E-state index is 0.214. The topological polar surface area (TPSA) is 23.6 Å². The summed E-state index contributed by atoms with van der Waals surface area (Å²) in [6.45, 7) is 1.84. The molecule has 0 bridgehead atoms. The zero-order valence-electron chi connectivity index (χ0n) is 11.0. The Balaban J connectivity index is 1.73. The predicted octanol–water partition coefficient (Wildman–Crippen LogP) is 2.16. The first-order valence-corrected chi connectivity index (χ1v) is 7.59. The Kier molecular flexibility index (Phi) is 3.16. The number of carbonyl (C=O) groups is 1. The van der Waals surface area contributed by atoms with Crippen molar-refractivity contribution >= 4 is 17.2 Å². The second kappa shape index (κ2) is 4.67. The Bertz CT molecular complexity index is 415. The molecule has 3 nitrogen and oxygen atoms in total. The highest BCUT2D eigenvalue weighted by molar-refractivity contribution is 7.08. The Morgan fingerprint density at radius 1 is 1.39 bits per heavy atom.